The molecule has 10 heteroatoms. The molecule has 2 aromatic carbocycles. The zero-order valence-electron chi connectivity index (χ0n) is 18.0. The summed E-state index contributed by atoms with van der Waals surface area (Å²) in [4.78, 5) is 14.6. The monoisotopic (exact) mass is 461 g/mol. The summed E-state index contributed by atoms with van der Waals surface area (Å²) >= 11 is 0. The van der Waals surface area contributed by atoms with Crippen LogP contribution in [-0.4, -0.2) is 60.2 Å². The van der Waals surface area contributed by atoms with Crippen LogP contribution in [-0.2, 0) is 19.6 Å². The van der Waals surface area contributed by atoms with Crippen molar-refractivity contribution in [2.24, 2.45) is 0 Å². The number of ether oxygens (including phenoxy) is 3. The maximum atomic E-state index is 12.4. The molecule has 1 N–H and O–H groups in total. The molecule has 4 rings (SSSR count). The van der Waals surface area contributed by atoms with Gasteiger partial charge in [0.1, 0.15) is 0 Å². The number of amides is 1. The summed E-state index contributed by atoms with van der Waals surface area (Å²) < 4.78 is 41.9. The number of rotatable bonds is 8. The van der Waals surface area contributed by atoms with Crippen LogP contribution in [0.4, 0.5) is 17.1 Å². The van der Waals surface area contributed by atoms with Gasteiger partial charge in [0.15, 0.2) is 11.5 Å². The third-order valence-electron chi connectivity index (χ3n) is 5.34. The first-order valence-electron chi connectivity index (χ1n) is 10.5. The molecule has 0 unspecified atom stereocenters. The van der Waals surface area contributed by atoms with E-state index in [2.05, 4.69) is 10.2 Å². The first-order chi connectivity index (χ1) is 15.4. The lowest BCUT2D eigenvalue weighted by Crippen LogP contribution is -2.36. The molecule has 0 aromatic heterocycles. The lowest BCUT2D eigenvalue weighted by Gasteiger charge is -2.28. The standard InChI is InChI=1S/C22H27N3O6S/c1-32(27,28)25(19-8-9-20-21(15-19)31-16-30-20)10-2-3-22(26)23-17-4-6-18(7-5-17)24-11-13-29-14-12-24/h4-9,15H,2-3,10-14,16H2,1H3,(H,23,26). The number of hydrogen-bond acceptors (Lipinski definition) is 7. The molecule has 2 aromatic rings. The minimum absolute atomic E-state index is 0.116. The Morgan fingerprint density at radius 1 is 1.06 bits per heavy atom. The summed E-state index contributed by atoms with van der Waals surface area (Å²) in [6.07, 6.45) is 1.72. The first kappa shape index (κ1) is 22.2. The summed E-state index contributed by atoms with van der Waals surface area (Å²) in [5, 5.41) is 2.87. The summed E-state index contributed by atoms with van der Waals surface area (Å²) in [5.74, 6) is 0.930. The van der Waals surface area contributed by atoms with Gasteiger partial charge in [0.25, 0.3) is 0 Å². The van der Waals surface area contributed by atoms with E-state index in [9.17, 15) is 13.2 Å². The van der Waals surface area contributed by atoms with Gasteiger partial charge >= 0.3 is 0 Å². The molecule has 2 aliphatic heterocycles. The molecule has 1 amide bonds. The third kappa shape index (κ3) is 5.43. The molecule has 1 saturated heterocycles. The molecule has 0 spiro atoms. The van der Waals surface area contributed by atoms with E-state index in [-0.39, 0.29) is 25.7 Å². The van der Waals surface area contributed by atoms with Gasteiger partial charge in [-0.25, -0.2) is 8.42 Å². The Morgan fingerprint density at radius 3 is 2.50 bits per heavy atom. The maximum Gasteiger partial charge on any atom is 0.232 e. The maximum absolute atomic E-state index is 12.4. The summed E-state index contributed by atoms with van der Waals surface area (Å²) in [6, 6.07) is 12.7. The molecule has 0 atom stereocenters. The Balaban J connectivity index is 1.30. The minimum atomic E-state index is -3.52. The van der Waals surface area contributed by atoms with Crippen LogP contribution in [0.3, 0.4) is 0 Å². The zero-order valence-corrected chi connectivity index (χ0v) is 18.8. The van der Waals surface area contributed by atoms with Gasteiger partial charge in [0.05, 0.1) is 25.2 Å². The highest BCUT2D eigenvalue weighted by molar-refractivity contribution is 7.92. The Hall–Kier alpha value is -2.98. The van der Waals surface area contributed by atoms with Gasteiger partial charge in [-0.1, -0.05) is 0 Å². The number of benzene rings is 2. The highest BCUT2D eigenvalue weighted by atomic mass is 32.2. The smallest absolute Gasteiger partial charge is 0.232 e. The topological polar surface area (TPSA) is 97.4 Å². The van der Waals surface area contributed by atoms with Gasteiger partial charge in [-0.3, -0.25) is 9.10 Å². The van der Waals surface area contributed by atoms with E-state index in [0.29, 0.717) is 29.3 Å². The second-order valence-corrected chi connectivity index (χ2v) is 9.58. The molecule has 0 bridgehead atoms. The Kier molecular flexibility index (Phi) is 6.71. The van der Waals surface area contributed by atoms with E-state index >= 15 is 0 Å². The van der Waals surface area contributed by atoms with Crippen molar-refractivity contribution in [3.05, 3.63) is 42.5 Å². The number of carbonyl (C=O) groups is 1. The first-order valence-corrected chi connectivity index (χ1v) is 12.3. The van der Waals surface area contributed by atoms with Crippen LogP contribution in [0.25, 0.3) is 0 Å². The van der Waals surface area contributed by atoms with E-state index in [4.69, 9.17) is 14.2 Å². The van der Waals surface area contributed by atoms with E-state index < -0.39 is 10.0 Å². The fourth-order valence-corrected chi connectivity index (χ4v) is 4.67. The van der Waals surface area contributed by atoms with Gasteiger partial charge in [0, 0.05) is 43.5 Å². The molecule has 32 heavy (non-hydrogen) atoms. The summed E-state index contributed by atoms with van der Waals surface area (Å²) in [5.41, 5.74) is 2.29. The molecule has 172 valence electrons. The molecule has 0 saturated carbocycles. The summed E-state index contributed by atoms with van der Waals surface area (Å²) in [6.45, 7) is 3.44. The molecular formula is C22H27N3O6S. The molecule has 0 aliphatic carbocycles. The van der Waals surface area contributed by atoms with Crippen LogP contribution in [0.2, 0.25) is 0 Å². The van der Waals surface area contributed by atoms with E-state index in [1.54, 1.807) is 18.2 Å². The van der Waals surface area contributed by atoms with E-state index in [0.717, 1.165) is 38.2 Å². The Bertz CT molecular complexity index is 1050. The van der Waals surface area contributed by atoms with Crippen molar-refractivity contribution in [2.45, 2.75) is 12.8 Å². The van der Waals surface area contributed by atoms with Crippen molar-refractivity contribution < 1.29 is 27.4 Å². The lowest BCUT2D eigenvalue weighted by molar-refractivity contribution is -0.116. The van der Waals surface area contributed by atoms with Crippen molar-refractivity contribution >= 4 is 33.0 Å². The lowest BCUT2D eigenvalue weighted by atomic mass is 10.2. The number of morpholine rings is 1. The van der Waals surface area contributed by atoms with E-state index in [1.807, 2.05) is 24.3 Å². The molecule has 9 nitrogen and oxygen atoms in total. The van der Waals surface area contributed by atoms with Crippen molar-refractivity contribution in [1.29, 1.82) is 0 Å². The predicted octanol–water partition coefficient (Wildman–Crippen LogP) is 2.44. The van der Waals surface area contributed by atoms with Gasteiger partial charge < -0.3 is 24.4 Å². The Morgan fingerprint density at radius 2 is 1.78 bits per heavy atom. The van der Waals surface area contributed by atoms with E-state index in [1.165, 1.54) is 4.31 Å². The Labute approximate surface area is 187 Å². The molecule has 2 aliphatic rings. The number of hydrogen-bond donors (Lipinski definition) is 1. The van der Waals surface area contributed by atoms with Gasteiger partial charge in [-0.2, -0.15) is 0 Å². The van der Waals surface area contributed by atoms with Gasteiger partial charge in [-0.15, -0.1) is 0 Å². The normalized spacial score (nSPS) is 15.5. The molecular weight excluding hydrogens is 434 g/mol. The van der Waals surface area contributed by atoms with Crippen molar-refractivity contribution in [3.8, 4) is 11.5 Å². The van der Waals surface area contributed by atoms with Gasteiger partial charge in [0.2, 0.25) is 22.7 Å². The van der Waals surface area contributed by atoms with Crippen LogP contribution in [0.1, 0.15) is 12.8 Å². The zero-order chi connectivity index (χ0) is 22.6. The van der Waals surface area contributed by atoms with Crippen LogP contribution < -0.4 is 24.0 Å². The van der Waals surface area contributed by atoms with Crippen LogP contribution in [0.5, 0.6) is 11.5 Å². The number of fused-ring (bicyclic) bond motifs is 1. The predicted molar refractivity (Wildman–Crippen MR) is 122 cm³/mol. The second-order valence-electron chi connectivity index (χ2n) is 7.67. The summed E-state index contributed by atoms with van der Waals surface area (Å²) in [7, 11) is -3.52. The minimum Gasteiger partial charge on any atom is -0.454 e. The third-order valence-corrected chi connectivity index (χ3v) is 6.53. The largest absolute Gasteiger partial charge is 0.454 e. The number of sulfonamides is 1. The number of anilines is 3. The highest BCUT2D eigenvalue weighted by Crippen LogP contribution is 2.36. The number of nitrogens with zero attached hydrogens (tertiary/aromatic N) is 2. The quantitative estimate of drug-likeness (QED) is 0.645. The van der Waals surface area contributed by atoms with Crippen molar-refractivity contribution in [1.82, 2.24) is 0 Å². The molecule has 1 fully saturated rings. The SMILES string of the molecule is CS(=O)(=O)N(CCCC(=O)Nc1ccc(N2CCOCC2)cc1)c1ccc2c(c1)OCO2. The highest BCUT2D eigenvalue weighted by Gasteiger charge is 2.21. The van der Waals surface area contributed by atoms with Crippen LogP contribution in [0.15, 0.2) is 42.5 Å². The average molecular weight is 462 g/mol. The number of nitrogens with one attached hydrogen (secondary N) is 1. The van der Waals surface area contributed by atoms with Gasteiger partial charge in [-0.05, 0) is 42.8 Å². The van der Waals surface area contributed by atoms with Crippen LogP contribution >= 0.6 is 0 Å². The molecule has 0 radical (unpaired) electrons. The second kappa shape index (κ2) is 9.66. The average Bonchev–Trinajstić information content (AvgIpc) is 3.25. The number of carbonyl (C=O) groups excluding carboxylic acids is 1. The fraction of sp³-hybridized carbons (Fsp3) is 0.409. The fourth-order valence-electron chi connectivity index (χ4n) is 3.71. The van der Waals surface area contributed by atoms with Crippen molar-refractivity contribution in [2.75, 3.05) is 60.4 Å². The van der Waals surface area contributed by atoms with Crippen LogP contribution in [0, 0.1) is 0 Å². The molecule has 2 heterocycles. The van der Waals surface area contributed by atoms with Crippen molar-refractivity contribution in [3.63, 3.8) is 0 Å².